The van der Waals surface area contributed by atoms with E-state index in [0.717, 1.165) is 31.4 Å². The molecule has 0 spiro atoms. The summed E-state index contributed by atoms with van der Waals surface area (Å²) in [6.07, 6.45) is 4.27. The Balaban J connectivity index is 1.68. The van der Waals surface area contributed by atoms with E-state index in [1.807, 2.05) is 37.3 Å². The molecule has 1 fully saturated rings. The zero-order valence-electron chi connectivity index (χ0n) is 12.3. The first kappa shape index (κ1) is 14.1. The van der Waals surface area contributed by atoms with Gasteiger partial charge in [0.25, 0.3) is 0 Å². The summed E-state index contributed by atoms with van der Waals surface area (Å²) in [6.45, 7) is 3.21. The van der Waals surface area contributed by atoms with Crippen LogP contribution in [-0.2, 0) is 16.9 Å². The molecule has 0 amide bonds. The van der Waals surface area contributed by atoms with Gasteiger partial charge < -0.3 is 14.6 Å². The van der Waals surface area contributed by atoms with Crippen molar-refractivity contribution in [3.8, 4) is 0 Å². The maximum Gasteiger partial charge on any atom is 0.246 e. The van der Waals surface area contributed by atoms with Gasteiger partial charge >= 0.3 is 0 Å². The van der Waals surface area contributed by atoms with Crippen LogP contribution < -0.4 is 5.32 Å². The summed E-state index contributed by atoms with van der Waals surface area (Å²) < 4.78 is 11.3. The van der Waals surface area contributed by atoms with Gasteiger partial charge in [-0.15, -0.1) is 0 Å². The predicted octanol–water partition coefficient (Wildman–Crippen LogP) is 3.49. The van der Waals surface area contributed by atoms with E-state index >= 15 is 0 Å². The third-order valence-corrected chi connectivity index (χ3v) is 3.92. The number of nitrogens with zero attached hydrogens (tertiary/aromatic N) is 2. The summed E-state index contributed by atoms with van der Waals surface area (Å²) in [4.78, 5) is 4.53. The number of ether oxygens (including phenoxy) is 1. The first-order valence-corrected chi connectivity index (χ1v) is 7.58. The molecule has 1 aromatic carbocycles. The lowest BCUT2D eigenvalue weighted by Crippen LogP contribution is -2.27. The molecule has 1 aliphatic rings. The molecule has 5 nitrogen and oxygen atoms in total. The normalized spacial score (nSPS) is 17.0. The molecule has 0 radical (unpaired) electrons. The maximum atomic E-state index is 5.95. The Bertz CT molecular complexity index is 562. The average molecular weight is 287 g/mol. The Kier molecular flexibility index (Phi) is 4.20. The number of para-hydroxylation sites is 1. The van der Waals surface area contributed by atoms with Crippen molar-refractivity contribution in [2.75, 3.05) is 11.9 Å². The van der Waals surface area contributed by atoms with Gasteiger partial charge in [-0.25, -0.2) is 0 Å². The monoisotopic (exact) mass is 287 g/mol. The van der Waals surface area contributed by atoms with Crippen molar-refractivity contribution in [2.24, 2.45) is 0 Å². The van der Waals surface area contributed by atoms with Crippen LogP contribution in [0.25, 0.3) is 0 Å². The standard InChI is InChI=1S/C16H21N3O2/c1-2-20-16(10-6-7-11-16)15-18-14(21-19-15)12-17-13-8-4-3-5-9-13/h3-5,8-9,17H,2,6-7,10-12H2,1H3. The highest BCUT2D eigenvalue weighted by atomic mass is 16.5. The van der Waals surface area contributed by atoms with E-state index in [0.29, 0.717) is 24.9 Å². The predicted molar refractivity (Wildman–Crippen MR) is 79.8 cm³/mol. The number of anilines is 1. The van der Waals surface area contributed by atoms with E-state index in [2.05, 4.69) is 15.5 Å². The molecule has 5 heteroatoms. The largest absolute Gasteiger partial charge is 0.376 e. The highest BCUT2D eigenvalue weighted by molar-refractivity contribution is 5.42. The van der Waals surface area contributed by atoms with Crippen molar-refractivity contribution >= 4 is 5.69 Å². The van der Waals surface area contributed by atoms with Gasteiger partial charge in [0, 0.05) is 12.3 Å². The van der Waals surface area contributed by atoms with Crippen LogP contribution in [-0.4, -0.2) is 16.7 Å². The molecule has 1 N–H and O–H groups in total. The molecule has 0 aliphatic heterocycles. The van der Waals surface area contributed by atoms with Crippen LogP contribution in [0.5, 0.6) is 0 Å². The van der Waals surface area contributed by atoms with Crippen LogP contribution in [0.15, 0.2) is 34.9 Å². The van der Waals surface area contributed by atoms with Crippen molar-refractivity contribution in [1.82, 2.24) is 10.1 Å². The Labute approximate surface area is 124 Å². The van der Waals surface area contributed by atoms with Crippen molar-refractivity contribution in [3.63, 3.8) is 0 Å². The Morgan fingerprint density at radius 3 is 2.71 bits per heavy atom. The number of nitrogens with one attached hydrogen (secondary N) is 1. The van der Waals surface area contributed by atoms with Crippen LogP contribution >= 0.6 is 0 Å². The van der Waals surface area contributed by atoms with E-state index in [4.69, 9.17) is 9.26 Å². The minimum atomic E-state index is -0.330. The molecule has 0 saturated heterocycles. The minimum Gasteiger partial charge on any atom is -0.376 e. The van der Waals surface area contributed by atoms with E-state index in [1.54, 1.807) is 0 Å². The third kappa shape index (κ3) is 3.08. The summed E-state index contributed by atoms with van der Waals surface area (Å²) >= 11 is 0. The summed E-state index contributed by atoms with van der Waals surface area (Å²) in [5, 5.41) is 7.42. The Morgan fingerprint density at radius 2 is 2.00 bits per heavy atom. The summed E-state index contributed by atoms with van der Waals surface area (Å²) in [7, 11) is 0. The van der Waals surface area contributed by atoms with Crippen LogP contribution in [0.2, 0.25) is 0 Å². The van der Waals surface area contributed by atoms with Gasteiger partial charge in [0.05, 0.1) is 6.54 Å². The molecule has 1 aromatic heterocycles. The van der Waals surface area contributed by atoms with Gasteiger partial charge in [0.2, 0.25) is 11.7 Å². The SMILES string of the molecule is CCOC1(c2noc(CNc3ccccc3)n2)CCCC1. The fraction of sp³-hybridized carbons (Fsp3) is 0.500. The lowest BCUT2D eigenvalue weighted by Gasteiger charge is -2.24. The molecule has 0 unspecified atom stereocenters. The molecule has 0 atom stereocenters. The van der Waals surface area contributed by atoms with Crippen LogP contribution in [0.3, 0.4) is 0 Å². The molecular weight excluding hydrogens is 266 g/mol. The molecule has 112 valence electrons. The quantitative estimate of drug-likeness (QED) is 0.881. The summed E-state index contributed by atoms with van der Waals surface area (Å²) in [5.74, 6) is 1.30. The molecule has 1 aliphatic carbocycles. The van der Waals surface area contributed by atoms with Crippen molar-refractivity contribution in [3.05, 3.63) is 42.0 Å². The van der Waals surface area contributed by atoms with Gasteiger partial charge in [-0.2, -0.15) is 4.98 Å². The molecule has 3 rings (SSSR count). The van der Waals surface area contributed by atoms with Gasteiger partial charge in [0.1, 0.15) is 5.60 Å². The Hall–Kier alpha value is -1.88. The maximum absolute atomic E-state index is 5.95. The molecule has 2 aromatic rings. The zero-order chi connectivity index (χ0) is 14.5. The van der Waals surface area contributed by atoms with Gasteiger partial charge in [-0.05, 0) is 44.7 Å². The van der Waals surface area contributed by atoms with E-state index in [-0.39, 0.29) is 5.60 Å². The van der Waals surface area contributed by atoms with Crippen molar-refractivity contribution in [2.45, 2.75) is 44.8 Å². The molecule has 0 bridgehead atoms. The number of aromatic nitrogens is 2. The first-order chi connectivity index (χ1) is 10.3. The van der Waals surface area contributed by atoms with Gasteiger partial charge in [-0.1, -0.05) is 23.4 Å². The molecule has 21 heavy (non-hydrogen) atoms. The highest BCUT2D eigenvalue weighted by Crippen LogP contribution is 2.40. The van der Waals surface area contributed by atoms with E-state index in [9.17, 15) is 0 Å². The Morgan fingerprint density at radius 1 is 1.24 bits per heavy atom. The highest BCUT2D eigenvalue weighted by Gasteiger charge is 2.40. The number of rotatable bonds is 6. The lowest BCUT2D eigenvalue weighted by atomic mass is 10.0. The lowest BCUT2D eigenvalue weighted by molar-refractivity contribution is -0.0469. The second-order valence-corrected chi connectivity index (χ2v) is 5.37. The van der Waals surface area contributed by atoms with Gasteiger partial charge in [0.15, 0.2) is 0 Å². The van der Waals surface area contributed by atoms with E-state index in [1.165, 1.54) is 0 Å². The summed E-state index contributed by atoms with van der Waals surface area (Å²) in [5.41, 5.74) is 0.709. The molecule has 1 heterocycles. The van der Waals surface area contributed by atoms with Crippen LogP contribution in [0.4, 0.5) is 5.69 Å². The second-order valence-electron chi connectivity index (χ2n) is 5.37. The molecule has 1 saturated carbocycles. The average Bonchev–Trinajstić information content (AvgIpc) is 3.16. The fourth-order valence-corrected chi connectivity index (χ4v) is 2.90. The van der Waals surface area contributed by atoms with Crippen molar-refractivity contribution < 1.29 is 9.26 Å². The first-order valence-electron chi connectivity index (χ1n) is 7.58. The molecular formula is C16H21N3O2. The van der Waals surface area contributed by atoms with Crippen LogP contribution in [0, 0.1) is 0 Å². The number of hydrogen-bond acceptors (Lipinski definition) is 5. The topological polar surface area (TPSA) is 60.2 Å². The van der Waals surface area contributed by atoms with Crippen LogP contribution in [0.1, 0.15) is 44.3 Å². The number of hydrogen-bond donors (Lipinski definition) is 1. The number of benzene rings is 1. The van der Waals surface area contributed by atoms with Gasteiger partial charge in [-0.3, -0.25) is 0 Å². The third-order valence-electron chi connectivity index (χ3n) is 3.92. The minimum absolute atomic E-state index is 0.330. The smallest absolute Gasteiger partial charge is 0.246 e. The van der Waals surface area contributed by atoms with E-state index < -0.39 is 0 Å². The summed E-state index contributed by atoms with van der Waals surface area (Å²) in [6, 6.07) is 9.99. The van der Waals surface area contributed by atoms with Crippen molar-refractivity contribution in [1.29, 1.82) is 0 Å². The zero-order valence-corrected chi connectivity index (χ0v) is 12.3. The second kappa shape index (κ2) is 6.26. The fourth-order valence-electron chi connectivity index (χ4n) is 2.90.